The second-order valence-corrected chi connectivity index (χ2v) is 10.1. The molecule has 2 amide bonds. The number of carbonyl (C=O) groups excluding carboxylic acids is 2. The molecule has 1 atom stereocenters. The van der Waals surface area contributed by atoms with Crippen LogP contribution in [0.1, 0.15) is 51.9 Å². The second kappa shape index (κ2) is 7.43. The summed E-state index contributed by atoms with van der Waals surface area (Å²) >= 11 is 7.47. The lowest BCUT2D eigenvalue weighted by Gasteiger charge is -2.32. The Morgan fingerprint density at radius 2 is 1.94 bits per heavy atom. The summed E-state index contributed by atoms with van der Waals surface area (Å²) in [7, 11) is 1.69. The summed E-state index contributed by atoms with van der Waals surface area (Å²) in [5.41, 5.74) is 2.43. The topological polar surface area (TPSA) is 86.7 Å². The average Bonchev–Trinajstić information content (AvgIpc) is 3.25. The molecule has 2 N–H and O–H groups in total. The van der Waals surface area contributed by atoms with Crippen molar-refractivity contribution in [3.8, 4) is 11.1 Å². The number of carbonyl (C=O) groups is 3. The molecule has 33 heavy (non-hydrogen) atoms. The minimum absolute atomic E-state index is 0.0404. The highest BCUT2D eigenvalue weighted by atomic mass is 35.5. The van der Waals surface area contributed by atoms with Gasteiger partial charge in [-0.2, -0.15) is 0 Å². The molecule has 3 aromatic rings. The number of benzene rings is 2. The van der Waals surface area contributed by atoms with E-state index >= 15 is 0 Å². The molecule has 2 aromatic carbocycles. The van der Waals surface area contributed by atoms with Crippen LogP contribution in [0.2, 0.25) is 5.02 Å². The molecule has 3 heterocycles. The third-order valence-electron chi connectivity index (χ3n) is 6.50. The maximum atomic E-state index is 13.8. The highest BCUT2D eigenvalue weighted by Gasteiger charge is 2.57. The molecular formula is C25H21ClN2O4S. The van der Waals surface area contributed by atoms with E-state index in [1.54, 1.807) is 36.2 Å². The number of carboxylic acids is 1. The van der Waals surface area contributed by atoms with Gasteiger partial charge < -0.3 is 15.3 Å². The van der Waals surface area contributed by atoms with Gasteiger partial charge in [-0.05, 0) is 29.2 Å². The molecule has 0 radical (unpaired) electrons. The number of rotatable bonds is 3. The van der Waals surface area contributed by atoms with Crippen LogP contribution in [0, 0.1) is 0 Å². The number of anilines is 2. The first-order valence-electron chi connectivity index (χ1n) is 10.5. The van der Waals surface area contributed by atoms with Crippen molar-refractivity contribution in [2.24, 2.45) is 0 Å². The third kappa shape index (κ3) is 2.96. The van der Waals surface area contributed by atoms with Crippen LogP contribution in [0.4, 0.5) is 11.4 Å². The normalized spacial score (nSPS) is 19.1. The molecule has 8 heteroatoms. The maximum Gasteiger partial charge on any atom is 0.346 e. The molecule has 0 aliphatic carbocycles. The van der Waals surface area contributed by atoms with Gasteiger partial charge in [0.1, 0.15) is 10.3 Å². The summed E-state index contributed by atoms with van der Waals surface area (Å²) in [6, 6.07) is 12.8. The van der Waals surface area contributed by atoms with Crippen molar-refractivity contribution in [3.63, 3.8) is 0 Å². The van der Waals surface area contributed by atoms with E-state index in [1.165, 1.54) is 0 Å². The minimum Gasteiger partial charge on any atom is -0.477 e. The Balaban J connectivity index is 1.87. The Hall–Kier alpha value is -3.16. The van der Waals surface area contributed by atoms with E-state index in [2.05, 4.69) is 19.2 Å². The summed E-state index contributed by atoms with van der Waals surface area (Å²) in [6.45, 7) is 4.13. The second-order valence-electron chi connectivity index (χ2n) is 8.72. The lowest BCUT2D eigenvalue weighted by atomic mass is 9.73. The Kier molecular flexibility index (Phi) is 4.88. The fraction of sp³-hybridized carbons (Fsp3) is 0.240. The molecule has 6 nitrogen and oxygen atoms in total. The monoisotopic (exact) mass is 480 g/mol. The lowest BCUT2D eigenvalue weighted by Crippen LogP contribution is -2.45. The van der Waals surface area contributed by atoms with Crippen molar-refractivity contribution < 1.29 is 19.5 Å². The van der Waals surface area contributed by atoms with Crippen molar-refractivity contribution in [2.45, 2.75) is 31.6 Å². The zero-order chi connectivity index (χ0) is 23.7. The number of nitrogens with zero attached hydrogens (tertiary/aromatic N) is 1. The zero-order valence-corrected chi connectivity index (χ0v) is 19.8. The first kappa shape index (κ1) is 21.7. The fourth-order valence-corrected chi connectivity index (χ4v) is 6.41. The third-order valence-corrected chi connectivity index (χ3v) is 8.17. The number of hydrogen-bond acceptors (Lipinski definition) is 4. The Morgan fingerprint density at radius 3 is 2.61 bits per heavy atom. The van der Waals surface area contributed by atoms with E-state index < -0.39 is 11.4 Å². The van der Waals surface area contributed by atoms with Gasteiger partial charge in [0.2, 0.25) is 11.8 Å². The van der Waals surface area contributed by atoms with Crippen LogP contribution < -0.4 is 10.2 Å². The lowest BCUT2D eigenvalue weighted by molar-refractivity contribution is -0.126. The van der Waals surface area contributed by atoms with Gasteiger partial charge in [0.05, 0.1) is 17.0 Å². The van der Waals surface area contributed by atoms with E-state index in [-0.39, 0.29) is 29.0 Å². The molecule has 0 saturated carbocycles. The number of nitrogens with one attached hydrogen (secondary N) is 1. The number of likely N-dealkylation sites (N-methyl/N-ethyl adjacent to an activating group) is 1. The van der Waals surface area contributed by atoms with Gasteiger partial charge in [-0.3, -0.25) is 9.59 Å². The van der Waals surface area contributed by atoms with Crippen molar-refractivity contribution in [3.05, 3.63) is 68.4 Å². The van der Waals surface area contributed by atoms with Gasteiger partial charge in [-0.1, -0.05) is 55.8 Å². The average molecular weight is 481 g/mol. The van der Waals surface area contributed by atoms with E-state index in [1.807, 2.05) is 18.2 Å². The molecule has 5 rings (SSSR count). The van der Waals surface area contributed by atoms with E-state index in [9.17, 15) is 19.5 Å². The van der Waals surface area contributed by atoms with Gasteiger partial charge in [0.15, 0.2) is 0 Å². The Bertz CT molecular complexity index is 1360. The maximum absolute atomic E-state index is 13.8. The van der Waals surface area contributed by atoms with E-state index in [0.717, 1.165) is 28.2 Å². The molecule has 0 fully saturated rings. The largest absolute Gasteiger partial charge is 0.477 e. The van der Waals surface area contributed by atoms with Crippen LogP contribution in [-0.4, -0.2) is 29.9 Å². The van der Waals surface area contributed by atoms with Crippen LogP contribution in [-0.2, 0) is 15.0 Å². The highest BCUT2D eigenvalue weighted by molar-refractivity contribution is 7.15. The van der Waals surface area contributed by atoms with Gasteiger partial charge in [0.25, 0.3) is 0 Å². The number of carboxylic acid groups (broad SMARTS) is 1. The van der Waals surface area contributed by atoms with E-state index in [0.29, 0.717) is 26.7 Å². The smallest absolute Gasteiger partial charge is 0.346 e. The summed E-state index contributed by atoms with van der Waals surface area (Å²) in [6.07, 6.45) is -0.0841. The molecule has 1 spiro atoms. The quantitative estimate of drug-likeness (QED) is 0.518. The zero-order valence-electron chi connectivity index (χ0n) is 18.2. The molecular weight excluding hydrogens is 460 g/mol. The van der Waals surface area contributed by atoms with E-state index in [4.69, 9.17) is 11.6 Å². The number of thiophene rings is 1. The molecule has 1 unspecified atom stereocenters. The number of amides is 2. The number of fused-ring (bicyclic) bond motifs is 4. The highest BCUT2D eigenvalue weighted by Crippen LogP contribution is 2.58. The van der Waals surface area contributed by atoms with Crippen LogP contribution in [0.25, 0.3) is 11.1 Å². The van der Waals surface area contributed by atoms with Crippen LogP contribution in [0.3, 0.4) is 0 Å². The summed E-state index contributed by atoms with van der Waals surface area (Å²) in [5, 5.41) is 13.3. The molecule has 2 aliphatic heterocycles. The summed E-state index contributed by atoms with van der Waals surface area (Å²) in [4.78, 5) is 41.3. The van der Waals surface area contributed by atoms with Crippen LogP contribution in [0.5, 0.6) is 0 Å². The predicted octanol–water partition coefficient (Wildman–Crippen LogP) is 5.49. The van der Waals surface area contributed by atoms with Crippen LogP contribution >= 0.6 is 22.9 Å². The first-order chi connectivity index (χ1) is 15.7. The van der Waals surface area contributed by atoms with Crippen molar-refractivity contribution in [1.82, 2.24) is 0 Å². The minimum atomic E-state index is -1.28. The van der Waals surface area contributed by atoms with Crippen molar-refractivity contribution in [2.75, 3.05) is 17.3 Å². The molecule has 2 aliphatic rings. The first-order valence-corrected chi connectivity index (χ1v) is 11.7. The van der Waals surface area contributed by atoms with Crippen molar-refractivity contribution in [1.29, 1.82) is 0 Å². The number of hydrogen-bond donors (Lipinski definition) is 2. The van der Waals surface area contributed by atoms with Gasteiger partial charge >= 0.3 is 5.97 Å². The molecule has 0 saturated heterocycles. The predicted molar refractivity (Wildman–Crippen MR) is 130 cm³/mol. The standard InChI is InChI=1S/C25H21ClN2O4S/c1-12(2)13-8-9-17-15(10-13)25(24(32)28(17)3)11-18(29)27-20-19(14-6-4-5-7-16(14)26)21(23(30)31)33-22(20)25/h4-10,12H,11H2,1-3H3,(H,27,29)(H,30,31). The van der Waals surface area contributed by atoms with Crippen molar-refractivity contribution >= 4 is 52.1 Å². The van der Waals surface area contributed by atoms with Crippen LogP contribution in [0.15, 0.2) is 42.5 Å². The van der Waals surface area contributed by atoms with Gasteiger partial charge in [0, 0.05) is 28.9 Å². The van der Waals surface area contributed by atoms with Gasteiger partial charge in [-0.25, -0.2) is 4.79 Å². The number of halogens is 1. The summed E-state index contributed by atoms with van der Waals surface area (Å²) < 4.78 is 0. The molecule has 0 bridgehead atoms. The molecule has 168 valence electrons. The SMILES string of the molecule is CC(C)c1ccc2c(c1)C1(CC(=O)Nc3c1sc(C(=O)O)c3-c1ccccc1Cl)C(=O)N2C. The number of aromatic carboxylic acids is 1. The Morgan fingerprint density at radius 1 is 1.21 bits per heavy atom. The van der Waals surface area contributed by atoms with Gasteiger partial charge in [-0.15, -0.1) is 11.3 Å². The Labute approximate surface area is 199 Å². The summed E-state index contributed by atoms with van der Waals surface area (Å²) in [5.74, 6) is -1.49. The fourth-order valence-electron chi connectivity index (χ4n) is 4.88. The molecule has 1 aromatic heterocycles.